The quantitative estimate of drug-likeness (QED) is 0.275. The van der Waals surface area contributed by atoms with Crippen LogP contribution in [0.3, 0.4) is 0 Å². The van der Waals surface area contributed by atoms with Crippen LogP contribution in [0.2, 0.25) is 0 Å². The van der Waals surface area contributed by atoms with E-state index in [4.69, 9.17) is 0 Å². The Balaban J connectivity index is 1.49. The first-order valence-electron chi connectivity index (χ1n) is 11.8. The molecule has 4 aromatic carbocycles. The fourth-order valence-electron chi connectivity index (χ4n) is 4.62. The van der Waals surface area contributed by atoms with Crippen LogP contribution in [0.25, 0.3) is 10.9 Å². The average molecular weight is 463 g/mol. The molecule has 5 aromatic rings. The summed E-state index contributed by atoms with van der Waals surface area (Å²) < 4.78 is 16.0. The Kier molecular flexibility index (Phi) is 6.71. The van der Waals surface area contributed by atoms with E-state index in [-0.39, 0.29) is 24.1 Å². The number of amides is 1. The molecule has 3 nitrogen and oxygen atoms in total. The lowest BCUT2D eigenvalue weighted by atomic mass is 9.88. The van der Waals surface area contributed by atoms with Gasteiger partial charge in [0.1, 0.15) is 5.82 Å². The van der Waals surface area contributed by atoms with E-state index < -0.39 is 0 Å². The summed E-state index contributed by atoms with van der Waals surface area (Å²) in [6.45, 7) is 1.21. The van der Waals surface area contributed by atoms with E-state index in [1.807, 2.05) is 60.7 Å². The highest BCUT2D eigenvalue weighted by atomic mass is 19.1. The van der Waals surface area contributed by atoms with Gasteiger partial charge in [-0.25, -0.2) is 4.39 Å². The van der Waals surface area contributed by atoms with Gasteiger partial charge in [0.25, 0.3) is 0 Å². The van der Waals surface area contributed by atoms with Crippen LogP contribution in [-0.4, -0.2) is 10.5 Å². The molecule has 1 amide bonds. The lowest BCUT2D eigenvalue weighted by molar-refractivity contribution is -0.121. The van der Waals surface area contributed by atoms with Crippen LogP contribution in [0.1, 0.15) is 34.6 Å². The van der Waals surface area contributed by atoms with E-state index in [2.05, 4.69) is 40.3 Å². The summed E-state index contributed by atoms with van der Waals surface area (Å²) in [6.07, 6.45) is 2.42. The van der Waals surface area contributed by atoms with Gasteiger partial charge in [0.15, 0.2) is 0 Å². The van der Waals surface area contributed by atoms with Gasteiger partial charge in [0, 0.05) is 42.5 Å². The van der Waals surface area contributed by atoms with Crippen molar-refractivity contribution in [2.24, 2.45) is 0 Å². The summed E-state index contributed by atoms with van der Waals surface area (Å²) in [6, 6.07) is 35.0. The molecule has 174 valence electrons. The molecule has 1 unspecified atom stereocenters. The van der Waals surface area contributed by atoms with Crippen molar-refractivity contribution in [3.05, 3.63) is 143 Å². The van der Waals surface area contributed by atoms with Crippen molar-refractivity contribution < 1.29 is 9.18 Å². The fraction of sp³-hybridized carbons (Fsp3) is 0.129. The van der Waals surface area contributed by atoms with Crippen LogP contribution in [0.4, 0.5) is 4.39 Å². The topological polar surface area (TPSA) is 34.0 Å². The van der Waals surface area contributed by atoms with Crippen LogP contribution >= 0.6 is 0 Å². The number of rotatable bonds is 8. The Bertz CT molecular complexity index is 1410. The summed E-state index contributed by atoms with van der Waals surface area (Å²) >= 11 is 0. The van der Waals surface area contributed by atoms with E-state index in [1.165, 1.54) is 17.7 Å². The predicted octanol–water partition coefficient (Wildman–Crippen LogP) is 6.67. The monoisotopic (exact) mass is 462 g/mol. The predicted molar refractivity (Wildman–Crippen MR) is 139 cm³/mol. The summed E-state index contributed by atoms with van der Waals surface area (Å²) in [5.41, 5.74) is 5.36. The van der Waals surface area contributed by atoms with E-state index >= 15 is 0 Å². The Labute approximate surface area is 204 Å². The zero-order chi connectivity index (χ0) is 24.0. The maximum absolute atomic E-state index is 13.7. The molecule has 1 N–H and O–H groups in total. The zero-order valence-electron chi connectivity index (χ0n) is 19.4. The van der Waals surface area contributed by atoms with Crippen molar-refractivity contribution in [3.63, 3.8) is 0 Å². The van der Waals surface area contributed by atoms with Gasteiger partial charge in [-0.1, -0.05) is 91.0 Å². The van der Waals surface area contributed by atoms with Crippen LogP contribution in [-0.2, 0) is 17.9 Å². The smallest absolute Gasteiger partial charge is 0.221 e. The molecule has 5 rings (SSSR count). The SMILES string of the molecule is O=C(CC(c1ccc(F)cc1)c1cn(Cc2ccccc2)c2ccccc12)NCc1ccccc1. The number of carbonyl (C=O) groups excluding carboxylic acids is 1. The second kappa shape index (κ2) is 10.4. The second-order valence-corrected chi connectivity index (χ2v) is 8.79. The number of benzene rings is 4. The molecule has 0 aliphatic rings. The maximum atomic E-state index is 13.7. The van der Waals surface area contributed by atoms with Gasteiger partial charge in [-0.2, -0.15) is 0 Å². The number of nitrogens with zero attached hydrogens (tertiary/aromatic N) is 1. The number of carbonyl (C=O) groups is 1. The highest BCUT2D eigenvalue weighted by Gasteiger charge is 2.23. The van der Waals surface area contributed by atoms with Gasteiger partial charge in [-0.15, -0.1) is 0 Å². The largest absolute Gasteiger partial charge is 0.352 e. The third kappa shape index (κ3) is 5.33. The highest BCUT2D eigenvalue weighted by molar-refractivity contribution is 5.86. The number of nitrogens with one attached hydrogen (secondary N) is 1. The van der Waals surface area contributed by atoms with Crippen molar-refractivity contribution in [2.45, 2.75) is 25.4 Å². The van der Waals surface area contributed by atoms with Crippen molar-refractivity contribution in [3.8, 4) is 0 Å². The van der Waals surface area contributed by atoms with Crippen LogP contribution < -0.4 is 5.32 Å². The first-order valence-corrected chi connectivity index (χ1v) is 11.8. The van der Waals surface area contributed by atoms with Crippen molar-refractivity contribution in [1.29, 1.82) is 0 Å². The molecule has 1 atom stereocenters. The summed E-state index contributed by atoms with van der Waals surface area (Å²) in [5.74, 6) is -0.524. The minimum absolute atomic E-state index is 0.0388. The molecule has 0 bridgehead atoms. The molecule has 1 heterocycles. The minimum Gasteiger partial charge on any atom is -0.352 e. The number of aromatic nitrogens is 1. The number of hydrogen-bond donors (Lipinski definition) is 1. The molecule has 0 spiro atoms. The normalized spacial score (nSPS) is 11.9. The van der Waals surface area contributed by atoms with Crippen molar-refractivity contribution in [1.82, 2.24) is 9.88 Å². The molecule has 0 radical (unpaired) electrons. The molecule has 0 saturated carbocycles. The Hall–Kier alpha value is -4.18. The van der Waals surface area contributed by atoms with Crippen LogP contribution in [0.15, 0.2) is 115 Å². The van der Waals surface area contributed by atoms with E-state index in [9.17, 15) is 9.18 Å². The second-order valence-electron chi connectivity index (χ2n) is 8.79. The van der Waals surface area contributed by atoms with Crippen molar-refractivity contribution in [2.75, 3.05) is 0 Å². The molecule has 0 fully saturated rings. The summed E-state index contributed by atoms with van der Waals surface area (Å²) in [7, 11) is 0. The molecule has 4 heteroatoms. The lowest BCUT2D eigenvalue weighted by Crippen LogP contribution is -2.25. The summed E-state index contributed by atoms with van der Waals surface area (Å²) in [5, 5.41) is 4.16. The Morgan fingerprint density at radius 3 is 2.11 bits per heavy atom. The lowest BCUT2D eigenvalue weighted by Gasteiger charge is -2.17. The first-order chi connectivity index (χ1) is 17.2. The average Bonchev–Trinajstić information content (AvgIpc) is 3.26. The molecule has 0 saturated heterocycles. The molecular weight excluding hydrogens is 435 g/mol. The molecule has 1 aromatic heterocycles. The zero-order valence-corrected chi connectivity index (χ0v) is 19.4. The van der Waals surface area contributed by atoms with E-state index in [0.717, 1.165) is 34.1 Å². The molecule has 35 heavy (non-hydrogen) atoms. The third-order valence-electron chi connectivity index (χ3n) is 6.38. The van der Waals surface area contributed by atoms with E-state index in [1.54, 1.807) is 12.1 Å². The fourth-order valence-corrected chi connectivity index (χ4v) is 4.62. The first kappa shape index (κ1) is 22.6. The number of para-hydroxylation sites is 1. The minimum atomic E-state index is -0.285. The number of fused-ring (bicyclic) bond motifs is 1. The number of halogens is 1. The Morgan fingerprint density at radius 2 is 1.40 bits per heavy atom. The van der Waals surface area contributed by atoms with Crippen LogP contribution in [0, 0.1) is 5.82 Å². The van der Waals surface area contributed by atoms with Gasteiger partial charge in [0.05, 0.1) is 0 Å². The maximum Gasteiger partial charge on any atom is 0.221 e. The highest BCUT2D eigenvalue weighted by Crippen LogP contribution is 2.35. The molecule has 0 aliphatic carbocycles. The standard InChI is InChI=1S/C31H27FN2O/c32-26-17-15-25(16-18-26)28(19-31(35)33-20-23-9-3-1-4-10-23)29-22-34(21-24-11-5-2-6-12-24)30-14-8-7-13-27(29)30/h1-18,22,28H,19-21H2,(H,33,35). The van der Waals surface area contributed by atoms with Crippen LogP contribution in [0.5, 0.6) is 0 Å². The van der Waals surface area contributed by atoms with Gasteiger partial charge >= 0.3 is 0 Å². The number of hydrogen-bond acceptors (Lipinski definition) is 1. The molecule has 0 aliphatic heterocycles. The summed E-state index contributed by atoms with van der Waals surface area (Å²) in [4.78, 5) is 13.1. The van der Waals surface area contributed by atoms with Gasteiger partial charge < -0.3 is 9.88 Å². The van der Waals surface area contributed by atoms with E-state index in [0.29, 0.717) is 6.54 Å². The Morgan fingerprint density at radius 1 is 0.771 bits per heavy atom. The molecular formula is C31H27FN2O. The van der Waals surface area contributed by atoms with Gasteiger partial charge in [-0.05, 0) is 40.5 Å². The third-order valence-corrected chi connectivity index (χ3v) is 6.38. The van der Waals surface area contributed by atoms with Gasteiger partial charge in [0.2, 0.25) is 5.91 Å². The van der Waals surface area contributed by atoms with Crippen molar-refractivity contribution >= 4 is 16.8 Å². The van der Waals surface area contributed by atoms with Gasteiger partial charge in [-0.3, -0.25) is 4.79 Å².